The number of sulfonamides is 1. The Labute approximate surface area is 170 Å². The molecule has 1 heterocycles. The fourth-order valence-electron chi connectivity index (χ4n) is 3.26. The lowest BCUT2D eigenvalue weighted by molar-refractivity contribution is 0.0478. The lowest BCUT2D eigenvalue weighted by atomic mass is 9.99. The molecule has 27 heavy (non-hydrogen) atoms. The Morgan fingerprint density at radius 3 is 2.59 bits per heavy atom. The number of aryl methyl sites for hydroxylation is 1. The van der Waals surface area contributed by atoms with Crippen LogP contribution in [-0.4, -0.2) is 43.0 Å². The number of carbonyl (C=O) groups excluding carboxylic acids is 1. The van der Waals surface area contributed by atoms with E-state index < -0.39 is 21.7 Å². The Hall–Kier alpha value is -1.12. The van der Waals surface area contributed by atoms with E-state index in [4.69, 9.17) is 4.74 Å². The van der Waals surface area contributed by atoms with Gasteiger partial charge < -0.3 is 10.1 Å². The van der Waals surface area contributed by atoms with E-state index in [-0.39, 0.29) is 17.0 Å². The van der Waals surface area contributed by atoms with Crippen molar-refractivity contribution < 1.29 is 17.9 Å². The molecule has 6 nitrogen and oxygen atoms in total. The first-order valence-corrected chi connectivity index (χ1v) is 11.4. The lowest BCUT2D eigenvalue weighted by Gasteiger charge is -2.38. The molecule has 0 aromatic heterocycles. The molecule has 8 heteroatoms. The van der Waals surface area contributed by atoms with Gasteiger partial charge in [-0.2, -0.15) is 4.31 Å². The predicted molar refractivity (Wildman–Crippen MR) is 109 cm³/mol. The van der Waals surface area contributed by atoms with Gasteiger partial charge in [0.1, 0.15) is 5.60 Å². The Morgan fingerprint density at radius 2 is 2.00 bits per heavy atom. The summed E-state index contributed by atoms with van der Waals surface area (Å²) >= 11 is 3.38. The first-order chi connectivity index (χ1) is 12.4. The number of amides is 1. The van der Waals surface area contributed by atoms with Gasteiger partial charge in [0.15, 0.2) is 0 Å². The number of hydrogen-bond donors (Lipinski definition) is 1. The van der Waals surface area contributed by atoms with Gasteiger partial charge in [0.05, 0.1) is 4.90 Å². The molecule has 1 fully saturated rings. The van der Waals surface area contributed by atoms with E-state index in [9.17, 15) is 13.2 Å². The first-order valence-electron chi connectivity index (χ1n) is 9.19. The monoisotopic (exact) mass is 460 g/mol. The van der Waals surface area contributed by atoms with Crippen LogP contribution in [0.25, 0.3) is 0 Å². The number of benzene rings is 1. The van der Waals surface area contributed by atoms with Crippen molar-refractivity contribution in [3.63, 3.8) is 0 Å². The molecule has 1 amide bonds. The summed E-state index contributed by atoms with van der Waals surface area (Å²) in [6.07, 6.45) is 1.89. The van der Waals surface area contributed by atoms with Crippen LogP contribution in [0.5, 0.6) is 0 Å². The molecule has 1 aliphatic heterocycles. The van der Waals surface area contributed by atoms with Gasteiger partial charge in [-0.05, 0) is 81.1 Å². The van der Waals surface area contributed by atoms with E-state index in [1.165, 1.54) is 4.31 Å². The van der Waals surface area contributed by atoms with E-state index in [0.717, 1.165) is 18.4 Å². The number of alkyl carbamates (subject to hydrolysis) is 1. The number of halogens is 1. The van der Waals surface area contributed by atoms with Gasteiger partial charge in [0, 0.05) is 23.1 Å². The molecule has 1 aromatic carbocycles. The van der Waals surface area contributed by atoms with Gasteiger partial charge in [-0.3, -0.25) is 0 Å². The summed E-state index contributed by atoms with van der Waals surface area (Å²) in [5.74, 6) is 0. The SMILES string of the molecule is Cc1ccc(S(=O)(=O)N2CCCCC2C(C)NC(=O)OC(C)(C)C)c(Br)c1. The minimum absolute atomic E-state index is 0.254. The highest BCUT2D eigenvalue weighted by Gasteiger charge is 2.38. The molecule has 152 valence electrons. The predicted octanol–water partition coefficient (Wildman–Crippen LogP) is 4.21. The van der Waals surface area contributed by atoms with Crippen LogP contribution in [0.2, 0.25) is 0 Å². The highest BCUT2D eigenvalue weighted by molar-refractivity contribution is 9.10. The molecule has 2 rings (SSSR count). The van der Waals surface area contributed by atoms with Crippen LogP contribution < -0.4 is 5.32 Å². The second-order valence-corrected chi connectivity index (χ2v) is 10.8. The number of nitrogens with zero attached hydrogens (tertiary/aromatic N) is 1. The Balaban J connectivity index is 2.24. The Morgan fingerprint density at radius 1 is 1.33 bits per heavy atom. The van der Waals surface area contributed by atoms with Gasteiger partial charge in [-0.15, -0.1) is 0 Å². The average molecular weight is 461 g/mol. The van der Waals surface area contributed by atoms with Crippen LogP contribution in [0.3, 0.4) is 0 Å². The number of hydrogen-bond acceptors (Lipinski definition) is 4. The standard InChI is InChI=1S/C19H29BrN2O4S/c1-13-9-10-17(15(20)12-13)27(24,25)22-11-7-6-8-16(22)14(2)21-18(23)26-19(3,4)5/h9-10,12,14,16H,6-8,11H2,1-5H3,(H,21,23). The zero-order valence-corrected chi connectivity index (χ0v) is 19.0. The third kappa shape index (κ3) is 5.68. The largest absolute Gasteiger partial charge is 0.444 e. The van der Waals surface area contributed by atoms with Gasteiger partial charge in [-0.25, -0.2) is 13.2 Å². The molecular weight excluding hydrogens is 432 g/mol. The summed E-state index contributed by atoms with van der Waals surface area (Å²) in [7, 11) is -3.68. The molecule has 0 saturated carbocycles. The molecule has 0 radical (unpaired) electrons. The summed E-state index contributed by atoms with van der Waals surface area (Å²) in [6, 6.07) is 4.54. The van der Waals surface area contributed by atoms with Crippen molar-refractivity contribution in [3.8, 4) is 0 Å². The molecule has 1 aliphatic rings. The molecule has 1 N–H and O–H groups in total. The third-order valence-corrected chi connectivity index (χ3v) is 7.40. The van der Waals surface area contributed by atoms with Gasteiger partial charge >= 0.3 is 6.09 Å². The van der Waals surface area contributed by atoms with Crippen LogP contribution in [0.1, 0.15) is 52.5 Å². The number of rotatable bonds is 4. The van der Waals surface area contributed by atoms with Crippen LogP contribution in [0.15, 0.2) is 27.6 Å². The van der Waals surface area contributed by atoms with Crippen molar-refractivity contribution >= 4 is 32.0 Å². The highest BCUT2D eigenvalue weighted by atomic mass is 79.9. The van der Waals surface area contributed by atoms with Crippen LogP contribution in [-0.2, 0) is 14.8 Å². The zero-order valence-electron chi connectivity index (χ0n) is 16.6. The summed E-state index contributed by atoms with van der Waals surface area (Å²) < 4.78 is 34.0. The average Bonchev–Trinajstić information content (AvgIpc) is 2.52. The maximum absolute atomic E-state index is 13.3. The van der Waals surface area contributed by atoms with Crippen LogP contribution in [0, 0.1) is 6.92 Å². The minimum Gasteiger partial charge on any atom is -0.444 e. The molecule has 2 atom stereocenters. The molecular formula is C19H29BrN2O4S. The van der Waals surface area contributed by atoms with Crippen molar-refractivity contribution in [1.29, 1.82) is 0 Å². The Kier molecular flexibility index (Phi) is 6.97. The molecule has 0 aliphatic carbocycles. The fraction of sp³-hybridized carbons (Fsp3) is 0.632. The van der Waals surface area contributed by atoms with E-state index >= 15 is 0 Å². The second kappa shape index (κ2) is 8.49. The van der Waals surface area contributed by atoms with Gasteiger partial charge in [-0.1, -0.05) is 12.5 Å². The third-order valence-electron chi connectivity index (χ3n) is 4.49. The van der Waals surface area contributed by atoms with E-state index in [0.29, 0.717) is 17.4 Å². The fourth-order valence-corrected chi connectivity index (χ4v) is 6.18. The first kappa shape index (κ1) is 22.2. The van der Waals surface area contributed by atoms with Crippen molar-refractivity contribution in [2.45, 2.75) is 76.5 Å². The lowest BCUT2D eigenvalue weighted by Crippen LogP contribution is -2.54. The topological polar surface area (TPSA) is 75.7 Å². The number of piperidine rings is 1. The number of ether oxygens (including phenoxy) is 1. The van der Waals surface area contributed by atoms with E-state index in [1.54, 1.807) is 39.0 Å². The molecule has 2 unspecified atom stereocenters. The quantitative estimate of drug-likeness (QED) is 0.729. The highest BCUT2D eigenvalue weighted by Crippen LogP contribution is 2.31. The molecule has 1 saturated heterocycles. The van der Waals surface area contributed by atoms with Crippen molar-refractivity contribution in [2.24, 2.45) is 0 Å². The minimum atomic E-state index is -3.68. The zero-order chi connectivity index (χ0) is 20.4. The maximum atomic E-state index is 13.3. The molecule has 0 spiro atoms. The van der Waals surface area contributed by atoms with E-state index in [1.807, 2.05) is 13.8 Å². The molecule has 1 aromatic rings. The van der Waals surface area contributed by atoms with Gasteiger partial charge in [0.25, 0.3) is 0 Å². The van der Waals surface area contributed by atoms with Crippen molar-refractivity contribution in [2.75, 3.05) is 6.54 Å². The molecule has 0 bridgehead atoms. The van der Waals surface area contributed by atoms with E-state index in [2.05, 4.69) is 21.2 Å². The number of nitrogens with one attached hydrogen (secondary N) is 1. The summed E-state index contributed by atoms with van der Waals surface area (Å²) in [5.41, 5.74) is 0.380. The second-order valence-electron chi connectivity index (χ2n) is 8.05. The van der Waals surface area contributed by atoms with Crippen molar-refractivity contribution in [1.82, 2.24) is 9.62 Å². The van der Waals surface area contributed by atoms with Crippen molar-refractivity contribution in [3.05, 3.63) is 28.2 Å². The summed E-state index contributed by atoms with van der Waals surface area (Å²) in [6.45, 7) is 9.56. The Bertz CT molecular complexity index is 789. The van der Waals surface area contributed by atoms with Crippen LogP contribution >= 0.6 is 15.9 Å². The number of carbonyl (C=O) groups is 1. The van der Waals surface area contributed by atoms with Gasteiger partial charge in [0.2, 0.25) is 10.0 Å². The summed E-state index contributed by atoms with van der Waals surface area (Å²) in [4.78, 5) is 12.4. The summed E-state index contributed by atoms with van der Waals surface area (Å²) in [5, 5.41) is 2.80. The van der Waals surface area contributed by atoms with Crippen LogP contribution in [0.4, 0.5) is 4.79 Å². The maximum Gasteiger partial charge on any atom is 0.407 e. The smallest absolute Gasteiger partial charge is 0.407 e. The normalized spacial score (nSPS) is 20.1.